The van der Waals surface area contributed by atoms with E-state index in [1.165, 1.54) is 6.92 Å². The third kappa shape index (κ3) is 3.38. The van der Waals surface area contributed by atoms with Crippen LogP contribution in [0, 0.1) is 0 Å². The molecule has 1 aliphatic rings. The number of nitrogens with zero attached hydrogens (tertiary/aromatic N) is 5. The molecular formula is C18H20ClN7O2. The molecule has 146 valence electrons. The lowest BCUT2D eigenvalue weighted by atomic mass is 9.93. The van der Waals surface area contributed by atoms with E-state index in [9.17, 15) is 4.79 Å². The first-order valence-electron chi connectivity index (χ1n) is 8.90. The van der Waals surface area contributed by atoms with Crippen molar-refractivity contribution < 1.29 is 9.53 Å². The molecule has 2 N–H and O–H groups in total. The fourth-order valence-electron chi connectivity index (χ4n) is 3.57. The minimum atomic E-state index is -0.683. The number of aromatic nitrogens is 5. The summed E-state index contributed by atoms with van der Waals surface area (Å²) in [5.41, 5.74) is 1.99. The molecule has 1 fully saturated rings. The van der Waals surface area contributed by atoms with Crippen molar-refractivity contribution in [1.29, 1.82) is 0 Å². The van der Waals surface area contributed by atoms with Crippen LogP contribution in [0.3, 0.4) is 0 Å². The van der Waals surface area contributed by atoms with E-state index in [1.807, 2.05) is 24.3 Å². The highest BCUT2D eigenvalue weighted by Crippen LogP contribution is 2.31. The maximum absolute atomic E-state index is 11.8. The number of nitrogens with one attached hydrogen (secondary N) is 2. The first-order valence-corrected chi connectivity index (χ1v) is 9.28. The number of ether oxygens (including phenoxy) is 1. The molecule has 1 saturated heterocycles. The van der Waals surface area contributed by atoms with Gasteiger partial charge in [0, 0.05) is 13.5 Å². The van der Waals surface area contributed by atoms with E-state index in [1.54, 1.807) is 11.8 Å². The molecule has 0 spiro atoms. The van der Waals surface area contributed by atoms with Crippen LogP contribution in [0.1, 0.15) is 24.6 Å². The maximum Gasteiger partial charge on any atom is 0.224 e. The van der Waals surface area contributed by atoms with Crippen molar-refractivity contribution in [2.75, 3.05) is 20.2 Å². The van der Waals surface area contributed by atoms with E-state index in [-0.39, 0.29) is 11.2 Å². The molecule has 28 heavy (non-hydrogen) atoms. The van der Waals surface area contributed by atoms with E-state index < -0.39 is 5.54 Å². The fourth-order valence-corrected chi connectivity index (χ4v) is 3.74. The van der Waals surface area contributed by atoms with Crippen LogP contribution < -0.4 is 15.4 Å². The molecule has 9 nitrogen and oxygen atoms in total. The lowest BCUT2D eigenvalue weighted by Gasteiger charge is -2.28. The largest absolute Gasteiger partial charge is 0.497 e. The van der Waals surface area contributed by atoms with Gasteiger partial charge in [0.25, 0.3) is 0 Å². The summed E-state index contributed by atoms with van der Waals surface area (Å²) in [6.07, 6.45) is 0.681. The lowest BCUT2D eigenvalue weighted by Crippen LogP contribution is -2.47. The fraction of sp³-hybridized carbons (Fsp3) is 0.389. The summed E-state index contributed by atoms with van der Waals surface area (Å²) in [5.74, 6) is 0.642. The van der Waals surface area contributed by atoms with Gasteiger partial charge in [-0.25, -0.2) is 9.67 Å². The summed E-state index contributed by atoms with van der Waals surface area (Å²) in [6, 6.07) is 7.68. The smallest absolute Gasteiger partial charge is 0.224 e. The Hall–Kier alpha value is -2.78. The SMILES string of the molecule is COc1ccc(Cn2nnc3c([C@]4(NC(C)=O)CCNC4)nc(Cl)nc32)cc1. The average Bonchev–Trinajstić information content (AvgIpc) is 3.29. The molecule has 3 aromatic rings. The van der Waals surface area contributed by atoms with Crippen LogP contribution in [0.15, 0.2) is 24.3 Å². The van der Waals surface area contributed by atoms with Gasteiger partial charge in [-0.1, -0.05) is 17.3 Å². The Balaban J connectivity index is 1.76. The summed E-state index contributed by atoms with van der Waals surface area (Å²) in [6.45, 7) is 3.25. The number of hydrogen-bond acceptors (Lipinski definition) is 7. The van der Waals surface area contributed by atoms with Crippen LogP contribution in [-0.2, 0) is 16.9 Å². The van der Waals surface area contributed by atoms with Crippen molar-refractivity contribution >= 4 is 28.7 Å². The van der Waals surface area contributed by atoms with Gasteiger partial charge in [-0.2, -0.15) is 4.98 Å². The number of carbonyl (C=O) groups excluding carboxylic acids is 1. The molecule has 0 saturated carbocycles. The second-order valence-electron chi connectivity index (χ2n) is 6.80. The van der Waals surface area contributed by atoms with Crippen LogP contribution in [0.4, 0.5) is 0 Å². The van der Waals surface area contributed by atoms with Crippen molar-refractivity contribution in [2.45, 2.75) is 25.4 Å². The van der Waals surface area contributed by atoms with Gasteiger partial charge >= 0.3 is 0 Å². The van der Waals surface area contributed by atoms with Gasteiger partial charge in [0.1, 0.15) is 11.4 Å². The van der Waals surface area contributed by atoms with Gasteiger partial charge in [-0.05, 0) is 42.3 Å². The first-order chi connectivity index (χ1) is 13.5. The maximum atomic E-state index is 11.8. The van der Waals surface area contributed by atoms with Crippen molar-refractivity contribution in [3.05, 3.63) is 40.8 Å². The van der Waals surface area contributed by atoms with E-state index in [4.69, 9.17) is 16.3 Å². The molecule has 0 aliphatic carbocycles. The molecular weight excluding hydrogens is 382 g/mol. The van der Waals surface area contributed by atoms with Crippen LogP contribution >= 0.6 is 11.6 Å². The van der Waals surface area contributed by atoms with E-state index in [0.717, 1.165) is 17.9 Å². The lowest BCUT2D eigenvalue weighted by molar-refractivity contribution is -0.120. The standard InChI is InChI=1S/C18H20ClN7O2/c1-11(27)23-18(7-8-20-10-18)15-14-16(22-17(19)21-15)26(25-24-14)9-12-3-5-13(28-2)6-4-12/h3-6,20H,7-10H2,1-2H3,(H,23,27)/t18-/m0/s1. The van der Waals surface area contributed by atoms with Crippen LogP contribution in [0.25, 0.3) is 11.2 Å². The number of carbonyl (C=O) groups is 1. The number of methoxy groups -OCH3 is 1. The molecule has 10 heteroatoms. The highest BCUT2D eigenvalue weighted by molar-refractivity contribution is 6.28. The summed E-state index contributed by atoms with van der Waals surface area (Å²) < 4.78 is 6.87. The molecule has 0 radical (unpaired) electrons. The Kier molecular flexibility index (Phi) is 4.86. The number of halogens is 1. The molecule has 1 aromatic carbocycles. The predicted molar refractivity (Wildman–Crippen MR) is 103 cm³/mol. The zero-order chi connectivity index (χ0) is 19.7. The van der Waals surface area contributed by atoms with Gasteiger partial charge < -0.3 is 15.4 Å². The number of rotatable bonds is 5. The highest BCUT2D eigenvalue weighted by Gasteiger charge is 2.40. The molecule has 3 heterocycles. The Morgan fingerprint density at radius 3 is 2.79 bits per heavy atom. The summed E-state index contributed by atoms with van der Waals surface area (Å²) in [5, 5.41) is 15.0. The Morgan fingerprint density at radius 2 is 2.14 bits per heavy atom. The minimum absolute atomic E-state index is 0.0948. The normalized spacial score (nSPS) is 19.1. The highest BCUT2D eigenvalue weighted by atomic mass is 35.5. The molecule has 1 atom stereocenters. The van der Waals surface area contributed by atoms with E-state index in [2.05, 4.69) is 30.9 Å². The van der Waals surface area contributed by atoms with Crippen molar-refractivity contribution in [3.8, 4) is 5.75 Å². The summed E-state index contributed by atoms with van der Waals surface area (Å²) >= 11 is 6.23. The van der Waals surface area contributed by atoms with Crippen LogP contribution in [0.5, 0.6) is 5.75 Å². The Morgan fingerprint density at radius 1 is 1.36 bits per heavy atom. The quantitative estimate of drug-likeness (QED) is 0.619. The Bertz CT molecular complexity index is 1010. The molecule has 1 amide bonds. The van der Waals surface area contributed by atoms with Gasteiger partial charge in [-0.15, -0.1) is 5.10 Å². The van der Waals surface area contributed by atoms with E-state index >= 15 is 0 Å². The van der Waals surface area contributed by atoms with Gasteiger partial charge in [0.15, 0.2) is 11.2 Å². The molecule has 4 rings (SSSR count). The first kappa shape index (κ1) is 18.6. The Labute approximate surface area is 166 Å². The molecule has 0 unspecified atom stereocenters. The van der Waals surface area contributed by atoms with Crippen LogP contribution in [0.2, 0.25) is 5.28 Å². The van der Waals surface area contributed by atoms with Crippen molar-refractivity contribution in [3.63, 3.8) is 0 Å². The molecule has 1 aliphatic heterocycles. The molecule has 0 bridgehead atoms. The third-order valence-electron chi connectivity index (χ3n) is 4.85. The van der Waals surface area contributed by atoms with Gasteiger partial charge in [-0.3, -0.25) is 4.79 Å². The van der Waals surface area contributed by atoms with Gasteiger partial charge in [0.05, 0.1) is 19.2 Å². The second-order valence-corrected chi connectivity index (χ2v) is 7.14. The minimum Gasteiger partial charge on any atom is -0.497 e. The number of hydrogen-bond donors (Lipinski definition) is 2. The van der Waals surface area contributed by atoms with Crippen LogP contribution in [-0.4, -0.2) is 51.1 Å². The van der Waals surface area contributed by atoms with Crippen molar-refractivity contribution in [1.82, 2.24) is 35.6 Å². The monoisotopic (exact) mass is 401 g/mol. The number of benzene rings is 1. The summed E-state index contributed by atoms with van der Waals surface area (Å²) in [4.78, 5) is 20.6. The number of amides is 1. The average molecular weight is 402 g/mol. The summed E-state index contributed by atoms with van der Waals surface area (Å²) in [7, 11) is 1.63. The zero-order valence-corrected chi connectivity index (χ0v) is 16.3. The zero-order valence-electron chi connectivity index (χ0n) is 15.6. The predicted octanol–water partition coefficient (Wildman–Crippen LogP) is 1.26. The third-order valence-corrected chi connectivity index (χ3v) is 5.02. The van der Waals surface area contributed by atoms with Gasteiger partial charge in [0.2, 0.25) is 11.2 Å². The number of fused-ring (bicyclic) bond motifs is 1. The second kappa shape index (κ2) is 7.33. The van der Waals surface area contributed by atoms with Crippen molar-refractivity contribution in [2.24, 2.45) is 0 Å². The topological polar surface area (TPSA) is 107 Å². The van der Waals surface area contributed by atoms with E-state index in [0.29, 0.717) is 36.4 Å². The molecule has 2 aromatic heterocycles.